The number of nitrogens with zero attached hydrogens (tertiary/aromatic N) is 1. The molecule has 2 rings (SSSR count). The third kappa shape index (κ3) is 6.78. The first-order chi connectivity index (χ1) is 13.7. The van der Waals surface area contributed by atoms with Gasteiger partial charge in [-0.25, -0.2) is 4.99 Å². The average Bonchev–Trinajstić information content (AvgIpc) is 2.72. The van der Waals surface area contributed by atoms with Crippen LogP contribution in [0.4, 0.5) is 5.69 Å². The fraction of sp³-hybridized carbons (Fsp3) is 0.409. The fourth-order valence-electron chi connectivity index (χ4n) is 2.60. The molecule has 0 spiro atoms. The van der Waals surface area contributed by atoms with E-state index in [4.69, 9.17) is 14.2 Å². The molecule has 0 aromatic heterocycles. The minimum atomic E-state index is 0.577. The van der Waals surface area contributed by atoms with Crippen LogP contribution >= 0.6 is 0 Å². The Morgan fingerprint density at radius 3 is 2.32 bits per heavy atom. The second kappa shape index (κ2) is 11.9. The first-order valence-electron chi connectivity index (χ1n) is 9.71. The Labute approximate surface area is 167 Å². The fourth-order valence-corrected chi connectivity index (χ4v) is 2.60. The molecular weight excluding hydrogens is 354 g/mol. The number of benzene rings is 2. The SMILES string of the molecule is CCNC(=NCc1ccc(COCC)cc1)Nc1ccc(OC)c(OCC)c1. The minimum absolute atomic E-state index is 0.577. The van der Waals surface area contributed by atoms with Gasteiger partial charge in [0.2, 0.25) is 0 Å². The number of ether oxygens (including phenoxy) is 3. The van der Waals surface area contributed by atoms with Gasteiger partial charge in [-0.2, -0.15) is 0 Å². The third-order valence-corrected chi connectivity index (χ3v) is 3.99. The topological polar surface area (TPSA) is 64.1 Å². The van der Waals surface area contributed by atoms with E-state index in [-0.39, 0.29) is 0 Å². The lowest BCUT2D eigenvalue weighted by Crippen LogP contribution is -2.30. The molecule has 0 amide bonds. The van der Waals surface area contributed by atoms with Gasteiger partial charge < -0.3 is 24.8 Å². The lowest BCUT2D eigenvalue weighted by Gasteiger charge is -2.14. The summed E-state index contributed by atoms with van der Waals surface area (Å²) in [6.45, 7) is 9.28. The zero-order valence-electron chi connectivity index (χ0n) is 17.2. The summed E-state index contributed by atoms with van der Waals surface area (Å²) in [5.41, 5.74) is 3.19. The van der Waals surface area contributed by atoms with Crippen molar-refractivity contribution < 1.29 is 14.2 Å². The van der Waals surface area contributed by atoms with Crippen LogP contribution in [0.1, 0.15) is 31.9 Å². The molecule has 2 aromatic rings. The molecule has 0 aliphatic heterocycles. The molecule has 0 bridgehead atoms. The molecule has 0 saturated carbocycles. The third-order valence-electron chi connectivity index (χ3n) is 3.99. The number of guanidine groups is 1. The predicted octanol–water partition coefficient (Wildman–Crippen LogP) is 4.21. The van der Waals surface area contributed by atoms with Gasteiger partial charge >= 0.3 is 0 Å². The highest BCUT2D eigenvalue weighted by atomic mass is 16.5. The van der Waals surface area contributed by atoms with Crippen molar-refractivity contribution in [3.8, 4) is 11.5 Å². The van der Waals surface area contributed by atoms with Crippen LogP contribution in [0.15, 0.2) is 47.5 Å². The number of methoxy groups -OCH3 is 1. The standard InChI is InChI=1S/C22H31N3O3/c1-5-23-22(24-15-17-8-10-18(11-9-17)16-27-6-2)25-19-12-13-20(26-4)21(14-19)28-7-3/h8-14H,5-7,15-16H2,1-4H3,(H2,23,24,25). The summed E-state index contributed by atoms with van der Waals surface area (Å²) in [5, 5.41) is 6.59. The van der Waals surface area contributed by atoms with Crippen molar-refractivity contribution >= 4 is 11.6 Å². The summed E-state index contributed by atoms with van der Waals surface area (Å²) in [6, 6.07) is 14.1. The number of nitrogens with one attached hydrogen (secondary N) is 2. The Kier molecular flexibility index (Phi) is 9.15. The summed E-state index contributed by atoms with van der Waals surface area (Å²) in [4.78, 5) is 4.68. The number of aliphatic imine (C=N–C) groups is 1. The first-order valence-corrected chi connectivity index (χ1v) is 9.71. The Balaban J connectivity index is 2.06. The maximum Gasteiger partial charge on any atom is 0.196 e. The molecular formula is C22H31N3O3. The van der Waals surface area contributed by atoms with E-state index in [2.05, 4.69) is 39.9 Å². The molecule has 6 heteroatoms. The molecule has 0 heterocycles. The van der Waals surface area contributed by atoms with Crippen molar-refractivity contribution in [3.63, 3.8) is 0 Å². The smallest absolute Gasteiger partial charge is 0.196 e. The minimum Gasteiger partial charge on any atom is -0.493 e. The molecule has 0 aliphatic rings. The van der Waals surface area contributed by atoms with Gasteiger partial charge in [-0.15, -0.1) is 0 Å². The normalized spacial score (nSPS) is 11.2. The lowest BCUT2D eigenvalue weighted by molar-refractivity contribution is 0.134. The molecule has 0 atom stereocenters. The molecule has 0 radical (unpaired) electrons. The van der Waals surface area contributed by atoms with Crippen molar-refractivity contribution in [3.05, 3.63) is 53.6 Å². The molecule has 0 fully saturated rings. The van der Waals surface area contributed by atoms with Gasteiger partial charge in [0.15, 0.2) is 17.5 Å². The van der Waals surface area contributed by atoms with E-state index in [1.54, 1.807) is 7.11 Å². The van der Waals surface area contributed by atoms with Crippen molar-refractivity contribution in [2.45, 2.75) is 33.9 Å². The molecule has 152 valence electrons. The maximum absolute atomic E-state index is 5.64. The van der Waals surface area contributed by atoms with E-state index >= 15 is 0 Å². The van der Waals surface area contributed by atoms with Gasteiger partial charge in [0.25, 0.3) is 0 Å². The van der Waals surface area contributed by atoms with Crippen LogP contribution in [-0.4, -0.2) is 32.8 Å². The van der Waals surface area contributed by atoms with Gasteiger partial charge in [-0.3, -0.25) is 0 Å². The van der Waals surface area contributed by atoms with Crippen LogP contribution in [0, 0.1) is 0 Å². The Morgan fingerprint density at radius 2 is 1.68 bits per heavy atom. The molecule has 2 aromatic carbocycles. The summed E-state index contributed by atoms with van der Waals surface area (Å²) >= 11 is 0. The highest BCUT2D eigenvalue weighted by Gasteiger charge is 2.07. The number of anilines is 1. The molecule has 0 unspecified atom stereocenters. The quantitative estimate of drug-likeness (QED) is 0.474. The highest BCUT2D eigenvalue weighted by Crippen LogP contribution is 2.30. The van der Waals surface area contributed by atoms with Crippen LogP contribution in [0.5, 0.6) is 11.5 Å². The van der Waals surface area contributed by atoms with Crippen molar-refractivity contribution in [2.75, 3.05) is 32.2 Å². The zero-order valence-corrected chi connectivity index (χ0v) is 17.2. The van der Waals surface area contributed by atoms with Crippen molar-refractivity contribution in [2.24, 2.45) is 4.99 Å². The molecule has 28 heavy (non-hydrogen) atoms. The summed E-state index contributed by atoms with van der Waals surface area (Å²) < 4.78 is 16.4. The first kappa shape index (κ1) is 21.6. The second-order valence-electron chi connectivity index (χ2n) is 6.07. The number of hydrogen-bond acceptors (Lipinski definition) is 4. The number of hydrogen-bond donors (Lipinski definition) is 2. The van der Waals surface area contributed by atoms with Crippen LogP contribution in [0.25, 0.3) is 0 Å². The second-order valence-corrected chi connectivity index (χ2v) is 6.07. The highest BCUT2D eigenvalue weighted by molar-refractivity contribution is 5.93. The average molecular weight is 386 g/mol. The molecule has 6 nitrogen and oxygen atoms in total. The van der Waals surface area contributed by atoms with Gasteiger partial charge in [-0.05, 0) is 44.0 Å². The predicted molar refractivity (Wildman–Crippen MR) is 114 cm³/mol. The van der Waals surface area contributed by atoms with Crippen LogP contribution in [0.2, 0.25) is 0 Å². The van der Waals surface area contributed by atoms with E-state index in [9.17, 15) is 0 Å². The van der Waals surface area contributed by atoms with E-state index in [0.717, 1.165) is 24.4 Å². The van der Waals surface area contributed by atoms with Crippen LogP contribution in [0.3, 0.4) is 0 Å². The Bertz CT molecular complexity index is 745. The monoisotopic (exact) mass is 385 g/mol. The van der Waals surface area contributed by atoms with Crippen LogP contribution in [-0.2, 0) is 17.9 Å². The molecule has 0 saturated heterocycles. The maximum atomic E-state index is 5.64. The zero-order chi connectivity index (χ0) is 20.2. The van der Waals surface area contributed by atoms with E-state index < -0.39 is 0 Å². The van der Waals surface area contributed by atoms with E-state index in [1.807, 2.05) is 39.0 Å². The van der Waals surface area contributed by atoms with Gasteiger partial charge in [-0.1, -0.05) is 24.3 Å². The van der Waals surface area contributed by atoms with Crippen molar-refractivity contribution in [1.29, 1.82) is 0 Å². The largest absolute Gasteiger partial charge is 0.493 e. The molecule has 0 aliphatic carbocycles. The van der Waals surface area contributed by atoms with Gasteiger partial charge in [0.05, 0.1) is 26.9 Å². The van der Waals surface area contributed by atoms with Crippen LogP contribution < -0.4 is 20.1 Å². The summed E-state index contributed by atoms with van der Waals surface area (Å²) in [7, 11) is 1.64. The van der Waals surface area contributed by atoms with Gasteiger partial charge in [0.1, 0.15) is 0 Å². The Hall–Kier alpha value is -2.73. The summed E-state index contributed by atoms with van der Waals surface area (Å²) in [6.07, 6.45) is 0. The van der Waals surface area contributed by atoms with Gasteiger partial charge in [0, 0.05) is 24.9 Å². The Morgan fingerprint density at radius 1 is 0.929 bits per heavy atom. The van der Waals surface area contributed by atoms with Crippen molar-refractivity contribution in [1.82, 2.24) is 5.32 Å². The van der Waals surface area contributed by atoms with E-state index in [1.165, 1.54) is 5.56 Å². The lowest BCUT2D eigenvalue weighted by atomic mass is 10.1. The molecule has 2 N–H and O–H groups in total. The number of rotatable bonds is 10. The van der Waals surface area contributed by atoms with E-state index in [0.29, 0.717) is 37.2 Å². The summed E-state index contributed by atoms with van der Waals surface area (Å²) in [5.74, 6) is 2.13.